The Balaban J connectivity index is 2.42. The number of carbonyl (C=O) groups is 2. The Morgan fingerprint density at radius 1 is 1.23 bits per heavy atom. The van der Waals surface area contributed by atoms with Crippen molar-refractivity contribution in [1.29, 1.82) is 0 Å². The first kappa shape index (κ1) is 15.9. The molecule has 6 nitrogen and oxygen atoms in total. The number of aryl methyl sites for hydroxylation is 1. The number of carboxylic acids is 1. The minimum absolute atomic E-state index is 0.255. The molecule has 0 radical (unpaired) electrons. The maximum absolute atomic E-state index is 12.2. The highest BCUT2D eigenvalue weighted by molar-refractivity contribution is 6.05. The van der Waals surface area contributed by atoms with Gasteiger partial charge in [-0.1, -0.05) is 0 Å². The normalized spacial score (nSPS) is 12.4. The average Bonchev–Trinajstić information content (AvgIpc) is 2.73. The summed E-state index contributed by atoms with van der Waals surface area (Å²) in [5, 5.41) is 11.3. The molecule has 2 rings (SSSR count). The van der Waals surface area contributed by atoms with Gasteiger partial charge in [0.05, 0.1) is 12.1 Å². The van der Waals surface area contributed by atoms with Crippen molar-refractivity contribution < 1.29 is 28.6 Å². The topological polar surface area (TPSA) is 88.8 Å². The molecule has 1 unspecified atom stereocenters. The predicted octanol–water partition coefficient (Wildman–Crippen LogP) is 1.82. The predicted molar refractivity (Wildman–Crippen MR) is 76.6 cm³/mol. The minimum Gasteiger partial charge on any atom is -0.546 e. The molecule has 0 N–H and O–H groups in total. The number of rotatable bonds is 5. The first-order valence-corrected chi connectivity index (χ1v) is 6.91. The molecule has 0 amide bonds. The van der Waals surface area contributed by atoms with Crippen LogP contribution in [0.3, 0.4) is 0 Å². The van der Waals surface area contributed by atoms with Crippen LogP contribution >= 0.6 is 0 Å². The summed E-state index contributed by atoms with van der Waals surface area (Å²) in [4.78, 5) is 22.9. The summed E-state index contributed by atoms with van der Waals surface area (Å²) in [6.07, 6.45) is -1.36. The molecule has 0 aliphatic carbocycles. The van der Waals surface area contributed by atoms with Crippen LogP contribution in [-0.4, -0.2) is 24.1 Å². The molecule has 1 heterocycles. The van der Waals surface area contributed by atoms with E-state index in [0.29, 0.717) is 28.0 Å². The standard InChI is InChI=1S/C16H18O6/c1-8(2)20-16(19)14-9(3)22-13-6-5-11(7-12(13)14)21-10(4)15(17)18/h5-8,10H,1-4H3,(H,17,18)/p-1. The maximum Gasteiger partial charge on any atom is 0.342 e. The van der Waals surface area contributed by atoms with Crippen molar-refractivity contribution in [3.8, 4) is 5.75 Å². The molecule has 0 saturated heterocycles. The molecular weight excluding hydrogens is 288 g/mol. The van der Waals surface area contributed by atoms with E-state index < -0.39 is 18.0 Å². The number of hydrogen-bond donors (Lipinski definition) is 0. The third-order valence-electron chi connectivity index (χ3n) is 3.03. The Labute approximate surface area is 127 Å². The molecule has 6 heteroatoms. The summed E-state index contributed by atoms with van der Waals surface area (Å²) in [6.45, 7) is 6.55. The fraction of sp³-hybridized carbons (Fsp3) is 0.375. The van der Waals surface area contributed by atoms with Crippen molar-refractivity contribution in [1.82, 2.24) is 0 Å². The Kier molecular flexibility index (Phi) is 4.40. The first-order chi connectivity index (χ1) is 10.3. The third-order valence-corrected chi connectivity index (χ3v) is 3.03. The van der Waals surface area contributed by atoms with Crippen LogP contribution in [0.2, 0.25) is 0 Å². The largest absolute Gasteiger partial charge is 0.546 e. The lowest BCUT2D eigenvalue weighted by atomic mass is 10.1. The van der Waals surface area contributed by atoms with Gasteiger partial charge in [-0.15, -0.1) is 0 Å². The number of hydrogen-bond acceptors (Lipinski definition) is 6. The summed E-state index contributed by atoms with van der Waals surface area (Å²) in [5.41, 5.74) is 0.817. The van der Waals surface area contributed by atoms with Crippen LogP contribution in [0.25, 0.3) is 11.0 Å². The van der Waals surface area contributed by atoms with Gasteiger partial charge in [-0.05, 0) is 45.9 Å². The van der Waals surface area contributed by atoms with E-state index in [-0.39, 0.29) is 6.10 Å². The number of ether oxygens (including phenoxy) is 2. The van der Waals surface area contributed by atoms with E-state index in [4.69, 9.17) is 13.9 Å². The molecule has 118 valence electrons. The van der Waals surface area contributed by atoms with Gasteiger partial charge in [0.1, 0.15) is 28.8 Å². The zero-order chi connectivity index (χ0) is 16.4. The molecule has 0 fully saturated rings. The van der Waals surface area contributed by atoms with E-state index in [9.17, 15) is 14.7 Å². The van der Waals surface area contributed by atoms with Crippen molar-refractivity contribution in [2.75, 3.05) is 0 Å². The van der Waals surface area contributed by atoms with Gasteiger partial charge in [0.15, 0.2) is 0 Å². The van der Waals surface area contributed by atoms with E-state index in [0.717, 1.165) is 0 Å². The highest BCUT2D eigenvalue weighted by atomic mass is 16.5. The quantitative estimate of drug-likeness (QED) is 0.783. The van der Waals surface area contributed by atoms with Crippen molar-refractivity contribution in [2.45, 2.75) is 39.9 Å². The van der Waals surface area contributed by atoms with Crippen LogP contribution in [-0.2, 0) is 9.53 Å². The fourth-order valence-electron chi connectivity index (χ4n) is 2.05. The van der Waals surface area contributed by atoms with E-state index in [1.807, 2.05) is 0 Å². The van der Waals surface area contributed by atoms with Gasteiger partial charge in [-0.25, -0.2) is 4.79 Å². The molecule has 1 aromatic heterocycles. The Morgan fingerprint density at radius 3 is 2.50 bits per heavy atom. The second kappa shape index (κ2) is 6.09. The molecule has 1 atom stereocenters. The van der Waals surface area contributed by atoms with Gasteiger partial charge in [-0.2, -0.15) is 0 Å². The summed E-state index contributed by atoms with van der Waals surface area (Å²) in [6, 6.07) is 4.75. The zero-order valence-corrected chi connectivity index (χ0v) is 12.8. The van der Waals surface area contributed by atoms with Crippen molar-refractivity contribution in [3.05, 3.63) is 29.5 Å². The maximum atomic E-state index is 12.2. The monoisotopic (exact) mass is 305 g/mol. The van der Waals surface area contributed by atoms with Gasteiger partial charge in [-0.3, -0.25) is 0 Å². The van der Waals surface area contributed by atoms with E-state index in [2.05, 4.69) is 0 Å². The zero-order valence-electron chi connectivity index (χ0n) is 12.8. The first-order valence-electron chi connectivity index (χ1n) is 6.91. The average molecular weight is 305 g/mol. The molecule has 0 aliphatic rings. The van der Waals surface area contributed by atoms with Crippen LogP contribution in [0.5, 0.6) is 5.75 Å². The van der Waals surface area contributed by atoms with Crippen molar-refractivity contribution >= 4 is 22.9 Å². The molecule has 0 spiro atoms. The van der Waals surface area contributed by atoms with Crippen molar-refractivity contribution in [2.24, 2.45) is 0 Å². The molecular formula is C16H17O6-. The Morgan fingerprint density at radius 2 is 1.91 bits per heavy atom. The van der Waals surface area contributed by atoms with Gasteiger partial charge in [0.2, 0.25) is 0 Å². The second-order valence-corrected chi connectivity index (χ2v) is 5.22. The summed E-state index contributed by atoms with van der Waals surface area (Å²) in [7, 11) is 0. The number of furan rings is 1. The highest BCUT2D eigenvalue weighted by Gasteiger charge is 2.21. The molecule has 0 aliphatic heterocycles. The van der Waals surface area contributed by atoms with Crippen molar-refractivity contribution in [3.63, 3.8) is 0 Å². The van der Waals surface area contributed by atoms with Crippen LogP contribution in [0, 0.1) is 6.92 Å². The molecule has 1 aromatic carbocycles. The summed E-state index contributed by atoms with van der Waals surface area (Å²) >= 11 is 0. The summed E-state index contributed by atoms with van der Waals surface area (Å²) < 4.78 is 16.0. The lowest BCUT2D eigenvalue weighted by molar-refractivity contribution is -0.312. The van der Waals surface area contributed by atoms with E-state index >= 15 is 0 Å². The van der Waals surface area contributed by atoms with E-state index in [1.165, 1.54) is 6.92 Å². The van der Waals surface area contributed by atoms with Gasteiger partial charge < -0.3 is 23.8 Å². The van der Waals surface area contributed by atoms with Gasteiger partial charge >= 0.3 is 5.97 Å². The van der Waals surface area contributed by atoms with Gasteiger partial charge in [0, 0.05) is 5.39 Å². The molecule has 0 bridgehead atoms. The Hall–Kier alpha value is -2.50. The smallest absolute Gasteiger partial charge is 0.342 e. The summed E-state index contributed by atoms with van der Waals surface area (Å²) in [5.74, 6) is -1.06. The second-order valence-electron chi connectivity index (χ2n) is 5.22. The molecule has 0 saturated carbocycles. The number of esters is 1. The minimum atomic E-state index is -1.32. The number of carbonyl (C=O) groups excluding carboxylic acids is 2. The van der Waals surface area contributed by atoms with Crippen LogP contribution in [0.1, 0.15) is 36.9 Å². The highest BCUT2D eigenvalue weighted by Crippen LogP contribution is 2.30. The molecule has 22 heavy (non-hydrogen) atoms. The van der Waals surface area contributed by atoms with Crippen LogP contribution < -0.4 is 9.84 Å². The van der Waals surface area contributed by atoms with Gasteiger partial charge in [0.25, 0.3) is 0 Å². The fourth-order valence-corrected chi connectivity index (χ4v) is 2.05. The molecule has 2 aromatic rings. The number of benzene rings is 1. The number of fused-ring (bicyclic) bond motifs is 1. The lowest BCUT2D eigenvalue weighted by Gasteiger charge is -2.15. The lowest BCUT2D eigenvalue weighted by Crippen LogP contribution is -2.37. The SMILES string of the molecule is Cc1oc2ccc(OC(C)C(=O)[O-])cc2c1C(=O)OC(C)C. The number of carboxylic acid groups (broad SMARTS) is 1. The Bertz CT molecular complexity index is 713. The van der Waals surface area contributed by atoms with E-state index in [1.54, 1.807) is 39.0 Å². The number of aliphatic carboxylic acids is 1. The van der Waals surface area contributed by atoms with Crippen LogP contribution in [0.15, 0.2) is 22.6 Å². The van der Waals surface area contributed by atoms with Crippen LogP contribution in [0.4, 0.5) is 0 Å². The third kappa shape index (κ3) is 3.21.